The van der Waals surface area contributed by atoms with Crippen molar-refractivity contribution < 1.29 is 36.3 Å². The number of hydrogen-bond donors (Lipinski definition) is 3. The molecule has 0 aliphatic rings. The van der Waals surface area contributed by atoms with Gasteiger partial charge in [-0.3, -0.25) is 10.0 Å². The summed E-state index contributed by atoms with van der Waals surface area (Å²) in [5.74, 6) is -1.45. The molecular weight excluding hydrogens is 547 g/mol. The minimum atomic E-state index is -4.86. The fraction of sp³-hybridized carbons (Fsp3) is 0.0870. The van der Waals surface area contributed by atoms with Gasteiger partial charge in [0, 0.05) is 4.88 Å². The van der Waals surface area contributed by atoms with Crippen LogP contribution in [0.3, 0.4) is 0 Å². The summed E-state index contributed by atoms with van der Waals surface area (Å²) in [4.78, 5) is 13.0. The summed E-state index contributed by atoms with van der Waals surface area (Å²) in [6.45, 7) is -0.252. The summed E-state index contributed by atoms with van der Waals surface area (Å²) >= 11 is 1.10. The Bertz CT molecular complexity index is 1550. The second-order valence-corrected chi connectivity index (χ2v) is 10.6. The van der Waals surface area contributed by atoms with Crippen LogP contribution in [-0.4, -0.2) is 40.9 Å². The number of thiophene rings is 1. The van der Waals surface area contributed by atoms with Gasteiger partial charge in [-0.15, -0.1) is 29.6 Å². The van der Waals surface area contributed by atoms with E-state index in [0.717, 1.165) is 38.6 Å². The monoisotopic (exact) mass is 565 g/mol. The van der Waals surface area contributed by atoms with E-state index in [4.69, 9.17) is 5.21 Å². The standard InChI is InChI=1S/C23H18F3N5O5S2/c24-23(25,26)36-18-8-6-15(7-9-18)12-19(22(32)29-33)31-14-17(28-30-31)13-27-38(34,35)21-11-10-20(37-21)16-4-2-1-3-5-16/h1-12,14,27,33H,13H2,(H,29,32). The molecule has 0 aliphatic carbocycles. The van der Waals surface area contributed by atoms with Crippen LogP contribution >= 0.6 is 11.3 Å². The minimum absolute atomic E-state index is 0.0990. The second kappa shape index (κ2) is 11.1. The molecule has 1 amide bonds. The number of aromatic nitrogens is 3. The average molecular weight is 566 g/mol. The van der Waals surface area contributed by atoms with Crippen molar-refractivity contribution in [2.75, 3.05) is 0 Å². The quantitative estimate of drug-likeness (QED) is 0.159. The molecule has 2 aromatic carbocycles. The molecule has 15 heteroatoms. The number of sulfonamides is 1. The zero-order valence-corrected chi connectivity index (χ0v) is 20.7. The number of alkyl halides is 3. The van der Waals surface area contributed by atoms with Gasteiger partial charge in [0.05, 0.1) is 18.4 Å². The molecule has 0 atom stereocenters. The van der Waals surface area contributed by atoms with E-state index in [1.807, 2.05) is 30.3 Å². The lowest BCUT2D eigenvalue weighted by atomic mass is 10.2. The van der Waals surface area contributed by atoms with E-state index in [1.165, 1.54) is 36.0 Å². The fourth-order valence-corrected chi connectivity index (χ4v) is 5.53. The minimum Gasteiger partial charge on any atom is -0.406 e. The smallest absolute Gasteiger partial charge is 0.406 e. The van der Waals surface area contributed by atoms with Gasteiger partial charge in [-0.05, 0) is 41.5 Å². The van der Waals surface area contributed by atoms with Crippen molar-refractivity contribution in [3.05, 3.63) is 84.2 Å². The van der Waals surface area contributed by atoms with Crippen LogP contribution in [0.1, 0.15) is 11.3 Å². The van der Waals surface area contributed by atoms with E-state index in [2.05, 4.69) is 19.8 Å². The van der Waals surface area contributed by atoms with E-state index in [0.29, 0.717) is 0 Å². The molecule has 3 N–H and O–H groups in total. The molecule has 10 nitrogen and oxygen atoms in total. The maximum Gasteiger partial charge on any atom is 0.573 e. The zero-order chi connectivity index (χ0) is 27.3. The zero-order valence-electron chi connectivity index (χ0n) is 19.1. The van der Waals surface area contributed by atoms with Crippen LogP contribution in [0.2, 0.25) is 0 Å². The van der Waals surface area contributed by atoms with Gasteiger partial charge in [-0.25, -0.2) is 23.3 Å². The summed E-state index contributed by atoms with van der Waals surface area (Å²) in [6.07, 6.45) is -2.37. The predicted molar refractivity (Wildman–Crippen MR) is 131 cm³/mol. The lowest BCUT2D eigenvalue weighted by Gasteiger charge is -2.09. The third-order valence-corrected chi connectivity index (χ3v) is 7.91. The molecule has 0 saturated carbocycles. The van der Waals surface area contributed by atoms with Crippen molar-refractivity contribution in [1.29, 1.82) is 0 Å². The van der Waals surface area contributed by atoms with E-state index in [9.17, 15) is 26.4 Å². The van der Waals surface area contributed by atoms with Crippen molar-refractivity contribution in [2.24, 2.45) is 0 Å². The first-order valence-corrected chi connectivity index (χ1v) is 12.9. The highest BCUT2D eigenvalue weighted by atomic mass is 32.2. The van der Waals surface area contributed by atoms with Crippen LogP contribution in [0.15, 0.2) is 77.1 Å². The largest absolute Gasteiger partial charge is 0.573 e. The van der Waals surface area contributed by atoms with Gasteiger partial charge in [-0.2, -0.15) is 0 Å². The molecule has 2 aromatic heterocycles. The Kier molecular flexibility index (Phi) is 7.91. The highest BCUT2D eigenvalue weighted by Gasteiger charge is 2.31. The second-order valence-electron chi connectivity index (χ2n) is 7.55. The number of benzene rings is 2. The highest BCUT2D eigenvalue weighted by Crippen LogP contribution is 2.30. The first-order chi connectivity index (χ1) is 18.0. The Balaban J connectivity index is 1.48. The van der Waals surface area contributed by atoms with Crippen molar-refractivity contribution in [2.45, 2.75) is 17.1 Å². The van der Waals surface area contributed by atoms with Crippen LogP contribution in [0, 0.1) is 0 Å². The van der Waals surface area contributed by atoms with Gasteiger partial charge in [0.1, 0.15) is 15.7 Å². The lowest BCUT2D eigenvalue weighted by Crippen LogP contribution is -2.23. The molecule has 0 saturated heterocycles. The fourth-order valence-electron chi connectivity index (χ4n) is 3.18. The molecule has 4 rings (SSSR count). The molecule has 0 spiro atoms. The predicted octanol–water partition coefficient (Wildman–Crippen LogP) is 3.89. The summed E-state index contributed by atoms with van der Waals surface area (Å²) in [5.41, 5.74) is 2.52. The highest BCUT2D eigenvalue weighted by molar-refractivity contribution is 7.91. The van der Waals surface area contributed by atoms with E-state index in [-0.39, 0.29) is 27.7 Å². The maximum atomic E-state index is 12.8. The molecule has 198 valence electrons. The van der Waals surface area contributed by atoms with Gasteiger partial charge in [0.15, 0.2) is 0 Å². The Morgan fingerprint density at radius 3 is 2.45 bits per heavy atom. The molecule has 2 heterocycles. The molecule has 0 fully saturated rings. The summed E-state index contributed by atoms with van der Waals surface area (Å²) in [6, 6.07) is 17.1. The van der Waals surface area contributed by atoms with Crippen molar-refractivity contribution in [3.63, 3.8) is 0 Å². The number of hydrogen-bond acceptors (Lipinski definition) is 8. The third kappa shape index (κ3) is 6.83. The number of rotatable bonds is 9. The summed E-state index contributed by atoms with van der Waals surface area (Å²) in [5, 5.41) is 16.7. The van der Waals surface area contributed by atoms with Crippen molar-refractivity contribution >= 4 is 39.0 Å². The topological polar surface area (TPSA) is 135 Å². The lowest BCUT2D eigenvalue weighted by molar-refractivity contribution is -0.274. The Hall–Kier alpha value is -4.05. The van der Waals surface area contributed by atoms with Gasteiger partial charge in [0.25, 0.3) is 5.91 Å². The van der Waals surface area contributed by atoms with Crippen LogP contribution in [0.4, 0.5) is 13.2 Å². The molecule has 4 aromatic rings. The van der Waals surface area contributed by atoms with Crippen molar-refractivity contribution in [1.82, 2.24) is 25.2 Å². The molecule has 0 radical (unpaired) electrons. The Morgan fingerprint density at radius 2 is 1.79 bits per heavy atom. The van der Waals surface area contributed by atoms with Crippen LogP contribution in [-0.2, 0) is 21.4 Å². The number of carbonyl (C=O) groups is 1. The number of nitrogens with one attached hydrogen (secondary N) is 2. The Morgan fingerprint density at radius 1 is 1.08 bits per heavy atom. The number of halogens is 3. The normalized spacial score (nSPS) is 12.4. The van der Waals surface area contributed by atoms with Gasteiger partial charge in [-0.1, -0.05) is 47.7 Å². The molecule has 38 heavy (non-hydrogen) atoms. The summed E-state index contributed by atoms with van der Waals surface area (Å²) in [7, 11) is -3.88. The van der Waals surface area contributed by atoms with Gasteiger partial charge >= 0.3 is 6.36 Å². The molecule has 0 bridgehead atoms. The van der Waals surface area contributed by atoms with E-state index >= 15 is 0 Å². The number of carbonyl (C=O) groups excluding carboxylic acids is 1. The first-order valence-electron chi connectivity index (χ1n) is 10.6. The summed E-state index contributed by atoms with van der Waals surface area (Å²) < 4.78 is 69.9. The van der Waals surface area contributed by atoms with Gasteiger partial charge < -0.3 is 4.74 Å². The number of amides is 1. The van der Waals surface area contributed by atoms with E-state index in [1.54, 1.807) is 6.07 Å². The Labute approximate surface area is 218 Å². The van der Waals surface area contributed by atoms with Crippen LogP contribution in [0.25, 0.3) is 22.2 Å². The van der Waals surface area contributed by atoms with E-state index < -0.39 is 28.0 Å². The number of hydroxylamine groups is 1. The first kappa shape index (κ1) is 27.0. The SMILES string of the molecule is O=C(NO)C(=Cc1ccc(OC(F)(F)F)cc1)n1cc(CNS(=O)(=O)c2ccc(-c3ccccc3)s2)nn1. The number of ether oxygens (including phenoxy) is 1. The average Bonchev–Trinajstić information content (AvgIpc) is 3.57. The van der Waals surface area contributed by atoms with Gasteiger partial charge in [0.2, 0.25) is 10.0 Å². The molecular formula is C23H18F3N5O5S2. The maximum absolute atomic E-state index is 12.8. The third-order valence-electron chi connectivity index (χ3n) is 4.89. The van der Waals surface area contributed by atoms with Crippen LogP contribution in [0.5, 0.6) is 5.75 Å². The van der Waals surface area contributed by atoms with Crippen LogP contribution < -0.4 is 14.9 Å². The number of nitrogens with zero attached hydrogens (tertiary/aromatic N) is 3. The molecule has 0 unspecified atom stereocenters. The van der Waals surface area contributed by atoms with Crippen molar-refractivity contribution in [3.8, 4) is 16.2 Å². The molecule has 0 aliphatic heterocycles.